The molecule has 0 aliphatic carbocycles. The molecular weight excluding hydrogens is 254 g/mol. The van der Waals surface area contributed by atoms with Crippen LogP contribution in [0.15, 0.2) is 29.3 Å². The van der Waals surface area contributed by atoms with Crippen LogP contribution >= 0.6 is 11.8 Å². The summed E-state index contributed by atoms with van der Waals surface area (Å²) in [5.41, 5.74) is 8.22. The van der Waals surface area contributed by atoms with E-state index in [-0.39, 0.29) is 5.54 Å². The molecule has 2 rings (SSSR count). The lowest BCUT2D eigenvalue weighted by Gasteiger charge is -2.26. The number of rotatable bonds is 5. The Hall–Kier alpha value is -1.00. The number of benzene rings is 1. The van der Waals surface area contributed by atoms with Gasteiger partial charge in [0.25, 0.3) is 0 Å². The number of nitrogens with one attached hydrogen (secondary N) is 1. The number of nitrogens with two attached hydrogens (primary N) is 1. The molecule has 1 aliphatic heterocycles. The average Bonchev–Trinajstić information content (AvgIpc) is 2.65. The summed E-state index contributed by atoms with van der Waals surface area (Å²) in [5, 5.41) is 4.50. The van der Waals surface area contributed by atoms with E-state index >= 15 is 0 Å². The van der Waals surface area contributed by atoms with Gasteiger partial charge in [0.1, 0.15) is 0 Å². The summed E-state index contributed by atoms with van der Waals surface area (Å²) in [4.78, 5) is 4.62. The van der Waals surface area contributed by atoms with E-state index < -0.39 is 0 Å². The lowest BCUT2D eigenvalue weighted by atomic mass is 9.89. The van der Waals surface area contributed by atoms with Gasteiger partial charge in [0, 0.05) is 11.8 Å². The van der Waals surface area contributed by atoms with Crippen LogP contribution in [0.3, 0.4) is 0 Å². The number of amidine groups is 1. The molecule has 0 radical (unpaired) electrons. The molecule has 1 heterocycles. The molecule has 0 amide bonds. The van der Waals surface area contributed by atoms with Crippen molar-refractivity contribution in [2.45, 2.75) is 44.5 Å². The van der Waals surface area contributed by atoms with E-state index in [0.29, 0.717) is 10.4 Å². The second-order valence-electron chi connectivity index (χ2n) is 5.23. The molecule has 1 aromatic carbocycles. The molecule has 104 valence electrons. The quantitative estimate of drug-likeness (QED) is 0.814. The van der Waals surface area contributed by atoms with E-state index in [9.17, 15) is 0 Å². The smallest absolute Gasteiger partial charge is 0.155 e. The van der Waals surface area contributed by atoms with Crippen molar-refractivity contribution >= 4 is 16.9 Å². The summed E-state index contributed by atoms with van der Waals surface area (Å²) < 4.78 is 0. The fourth-order valence-electron chi connectivity index (χ4n) is 2.31. The predicted molar refractivity (Wildman–Crippen MR) is 84.5 cm³/mol. The molecule has 0 saturated carbocycles. The molecule has 3 N–H and O–H groups in total. The summed E-state index contributed by atoms with van der Waals surface area (Å²) in [6, 6.07) is 8.74. The van der Waals surface area contributed by atoms with Gasteiger partial charge in [-0.15, -0.1) is 0 Å². The summed E-state index contributed by atoms with van der Waals surface area (Å²) in [7, 11) is 0. The standard InChI is InChI=1S/C15H23N3S/c1-4-9-17-10-12-5-7-13(8-6-12)15(3)11(2)19-14(16)18-15/h5-8,11,17H,4,9-10H2,1-3H3,(H2,16,18). The van der Waals surface area contributed by atoms with Crippen LogP contribution < -0.4 is 11.1 Å². The fraction of sp³-hybridized carbons (Fsp3) is 0.533. The van der Waals surface area contributed by atoms with Crippen molar-refractivity contribution in [1.82, 2.24) is 5.32 Å². The molecule has 4 heteroatoms. The van der Waals surface area contributed by atoms with Gasteiger partial charge in [-0.1, -0.05) is 49.9 Å². The highest BCUT2D eigenvalue weighted by Crippen LogP contribution is 2.41. The van der Waals surface area contributed by atoms with Gasteiger partial charge >= 0.3 is 0 Å². The minimum absolute atomic E-state index is 0.190. The molecule has 0 bridgehead atoms. The Bertz CT molecular complexity index is 455. The number of thioether (sulfide) groups is 1. The monoisotopic (exact) mass is 277 g/mol. The Morgan fingerprint density at radius 1 is 1.37 bits per heavy atom. The fourth-order valence-corrected chi connectivity index (χ4v) is 3.33. The zero-order valence-electron chi connectivity index (χ0n) is 11.9. The minimum atomic E-state index is -0.190. The van der Waals surface area contributed by atoms with Gasteiger partial charge in [0.05, 0.1) is 5.54 Å². The maximum absolute atomic E-state index is 5.85. The number of nitrogens with zero attached hydrogens (tertiary/aromatic N) is 1. The van der Waals surface area contributed by atoms with Crippen LogP contribution in [0.2, 0.25) is 0 Å². The first-order valence-corrected chi connectivity index (χ1v) is 7.76. The minimum Gasteiger partial charge on any atom is -0.379 e. The van der Waals surface area contributed by atoms with E-state index in [1.54, 1.807) is 11.8 Å². The Morgan fingerprint density at radius 3 is 2.58 bits per heavy atom. The lowest BCUT2D eigenvalue weighted by molar-refractivity contribution is 0.504. The Labute approximate surface area is 120 Å². The Morgan fingerprint density at radius 2 is 2.05 bits per heavy atom. The average molecular weight is 277 g/mol. The van der Waals surface area contributed by atoms with E-state index in [4.69, 9.17) is 5.73 Å². The summed E-state index contributed by atoms with van der Waals surface area (Å²) in [5.74, 6) is 0. The molecule has 19 heavy (non-hydrogen) atoms. The maximum Gasteiger partial charge on any atom is 0.155 e. The van der Waals surface area contributed by atoms with Crippen LogP contribution in [0.1, 0.15) is 38.3 Å². The summed E-state index contributed by atoms with van der Waals surface area (Å²) in [6.07, 6.45) is 1.17. The number of hydrogen-bond donors (Lipinski definition) is 2. The molecule has 0 spiro atoms. The van der Waals surface area contributed by atoms with Crippen molar-refractivity contribution in [2.24, 2.45) is 10.7 Å². The van der Waals surface area contributed by atoms with Gasteiger partial charge in [-0.2, -0.15) is 0 Å². The van der Waals surface area contributed by atoms with Crippen LogP contribution in [0.4, 0.5) is 0 Å². The molecule has 3 nitrogen and oxygen atoms in total. The van der Waals surface area contributed by atoms with E-state index in [1.807, 2.05) is 0 Å². The second kappa shape index (κ2) is 5.97. The van der Waals surface area contributed by atoms with Gasteiger partial charge < -0.3 is 11.1 Å². The first kappa shape index (κ1) is 14.4. The highest BCUT2D eigenvalue weighted by molar-refractivity contribution is 8.14. The topological polar surface area (TPSA) is 50.4 Å². The van der Waals surface area contributed by atoms with E-state index in [2.05, 4.69) is 55.3 Å². The first-order chi connectivity index (χ1) is 9.06. The van der Waals surface area contributed by atoms with Crippen molar-refractivity contribution in [3.8, 4) is 0 Å². The SMILES string of the molecule is CCCNCc1ccc(C2(C)N=C(N)SC2C)cc1. The van der Waals surface area contributed by atoms with Crippen LogP contribution in [0.25, 0.3) is 0 Å². The Balaban J connectivity index is 2.10. The van der Waals surface area contributed by atoms with E-state index in [0.717, 1.165) is 13.1 Å². The van der Waals surface area contributed by atoms with Crippen LogP contribution in [0.5, 0.6) is 0 Å². The zero-order chi connectivity index (χ0) is 13.9. The van der Waals surface area contributed by atoms with Gasteiger partial charge in [-0.3, -0.25) is 4.99 Å². The molecule has 0 aromatic heterocycles. The van der Waals surface area contributed by atoms with E-state index in [1.165, 1.54) is 17.5 Å². The molecule has 2 atom stereocenters. The van der Waals surface area contributed by atoms with Gasteiger partial charge in [-0.25, -0.2) is 0 Å². The maximum atomic E-state index is 5.85. The normalized spacial score (nSPS) is 26.5. The predicted octanol–water partition coefficient (Wildman–Crippen LogP) is 2.85. The van der Waals surface area contributed by atoms with Crippen molar-refractivity contribution in [1.29, 1.82) is 0 Å². The lowest BCUT2D eigenvalue weighted by Crippen LogP contribution is -2.26. The third-order valence-corrected chi connectivity index (χ3v) is 4.87. The molecule has 0 fully saturated rings. The first-order valence-electron chi connectivity index (χ1n) is 6.88. The summed E-state index contributed by atoms with van der Waals surface area (Å²) >= 11 is 1.66. The molecule has 0 saturated heterocycles. The molecule has 2 unspecified atom stereocenters. The third-order valence-electron chi connectivity index (χ3n) is 3.73. The highest BCUT2D eigenvalue weighted by atomic mass is 32.2. The number of aliphatic imine (C=N–C) groups is 1. The van der Waals surface area contributed by atoms with Crippen molar-refractivity contribution in [2.75, 3.05) is 6.54 Å². The number of hydrogen-bond acceptors (Lipinski definition) is 4. The van der Waals surface area contributed by atoms with Crippen LogP contribution in [0, 0.1) is 0 Å². The van der Waals surface area contributed by atoms with Crippen LogP contribution in [-0.2, 0) is 12.1 Å². The third kappa shape index (κ3) is 3.12. The molecule has 1 aliphatic rings. The Kier molecular flexibility index (Phi) is 4.53. The molecular formula is C15H23N3S. The van der Waals surface area contributed by atoms with Crippen LogP contribution in [-0.4, -0.2) is 17.0 Å². The van der Waals surface area contributed by atoms with Gasteiger partial charge in [0.15, 0.2) is 5.17 Å². The second-order valence-corrected chi connectivity index (χ2v) is 6.59. The zero-order valence-corrected chi connectivity index (χ0v) is 12.8. The van der Waals surface area contributed by atoms with Crippen molar-refractivity contribution < 1.29 is 0 Å². The largest absolute Gasteiger partial charge is 0.379 e. The molecule has 1 aromatic rings. The van der Waals surface area contributed by atoms with Crippen molar-refractivity contribution in [3.05, 3.63) is 35.4 Å². The summed E-state index contributed by atoms with van der Waals surface area (Å²) in [6.45, 7) is 8.52. The van der Waals surface area contributed by atoms with Gasteiger partial charge in [0.2, 0.25) is 0 Å². The highest BCUT2D eigenvalue weighted by Gasteiger charge is 2.38. The van der Waals surface area contributed by atoms with Crippen molar-refractivity contribution in [3.63, 3.8) is 0 Å². The van der Waals surface area contributed by atoms with Gasteiger partial charge in [-0.05, 0) is 31.0 Å².